The molecule has 0 aromatic rings. The molecular weight excluding hydrogens is 375 g/mol. The Labute approximate surface area is 148 Å². The van der Waals surface area contributed by atoms with Crippen LogP contribution in [0.3, 0.4) is 0 Å². The van der Waals surface area contributed by atoms with E-state index in [0.717, 1.165) is 0 Å². The Morgan fingerprint density at radius 3 is 0.591 bits per heavy atom. The van der Waals surface area contributed by atoms with Gasteiger partial charge in [0.15, 0.2) is 0 Å². The first-order valence-electron chi connectivity index (χ1n) is 10.2. The minimum atomic E-state index is -0.974. The van der Waals surface area contributed by atoms with Gasteiger partial charge < -0.3 is 0 Å². The molecular formula is C18H45AsSi3. The van der Waals surface area contributed by atoms with Crippen molar-refractivity contribution in [3.05, 3.63) is 0 Å². The average Bonchev–Trinajstić information content (AvgIpc) is 2.60. The molecule has 22 heavy (non-hydrogen) atoms. The van der Waals surface area contributed by atoms with Crippen LogP contribution in [0.15, 0.2) is 0 Å². The molecule has 0 amide bonds. The van der Waals surface area contributed by atoms with Gasteiger partial charge in [-0.3, -0.25) is 0 Å². The van der Waals surface area contributed by atoms with E-state index in [1.165, 1.54) is 0 Å². The van der Waals surface area contributed by atoms with Gasteiger partial charge in [0.05, 0.1) is 0 Å². The first-order valence-corrected chi connectivity index (χ1v) is 26.4. The summed E-state index contributed by atoms with van der Waals surface area (Å²) < 4.78 is 0. The first-order chi connectivity index (χ1) is 10.4. The third-order valence-corrected chi connectivity index (χ3v) is 102. The van der Waals surface area contributed by atoms with Gasteiger partial charge in [0, 0.05) is 0 Å². The van der Waals surface area contributed by atoms with E-state index in [-0.39, 0.29) is 0 Å². The van der Waals surface area contributed by atoms with Gasteiger partial charge in [0.1, 0.15) is 0 Å². The van der Waals surface area contributed by atoms with E-state index >= 15 is 0 Å². The van der Waals surface area contributed by atoms with Gasteiger partial charge in [0.2, 0.25) is 0 Å². The molecule has 4 heteroatoms. The summed E-state index contributed by atoms with van der Waals surface area (Å²) in [6.45, 7) is 20.5. The van der Waals surface area contributed by atoms with Gasteiger partial charge in [-0.25, -0.2) is 0 Å². The summed E-state index contributed by atoms with van der Waals surface area (Å²) in [5.74, 6) is 0. The van der Waals surface area contributed by atoms with E-state index in [0.29, 0.717) is 0 Å². The Kier molecular flexibility index (Phi) is 10.8. The first kappa shape index (κ1) is 23.2. The van der Waals surface area contributed by atoms with Crippen LogP contribution in [-0.4, -0.2) is 32.3 Å². The molecule has 0 aliphatic carbocycles. The predicted octanol–water partition coefficient (Wildman–Crippen LogP) is 7.24. The summed E-state index contributed by atoms with van der Waals surface area (Å²) in [6.07, 6.45) is 0. The second-order valence-corrected chi connectivity index (χ2v) is 54.2. The van der Waals surface area contributed by atoms with E-state index in [4.69, 9.17) is 0 Å². The third-order valence-electron chi connectivity index (χ3n) is 7.35. The zero-order valence-corrected chi connectivity index (χ0v) is 22.2. The molecule has 0 nitrogen and oxygen atoms in total. The third kappa shape index (κ3) is 4.06. The zero-order valence-electron chi connectivity index (χ0n) is 17.3. The molecule has 0 aliphatic heterocycles. The molecule has 0 saturated carbocycles. The fourth-order valence-corrected chi connectivity index (χ4v) is 144. The van der Waals surface area contributed by atoms with Crippen LogP contribution >= 0.6 is 0 Å². The molecule has 0 fully saturated rings. The van der Waals surface area contributed by atoms with Crippen molar-refractivity contribution in [2.45, 2.75) is 117 Å². The van der Waals surface area contributed by atoms with Crippen molar-refractivity contribution in [2.24, 2.45) is 0 Å². The van der Waals surface area contributed by atoms with Crippen molar-refractivity contribution < 1.29 is 0 Å². The van der Waals surface area contributed by atoms with E-state index < -0.39 is 32.3 Å². The van der Waals surface area contributed by atoms with Crippen LogP contribution in [-0.2, 0) is 0 Å². The summed E-state index contributed by atoms with van der Waals surface area (Å²) in [5, 5.41) is 0. The molecule has 0 heterocycles. The fourth-order valence-electron chi connectivity index (χ4n) is 5.18. The van der Waals surface area contributed by atoms with Crippen LogP contribution in [0.5, 0.6) is 0 Å². The predicted molar refractivity (Wildman–Crippen MR) is 117 cm³/mol. The molecule has 134 valence electrons. The van der Waals surface area contributed by atoms with Gasteiger partial charge in [-0.15, -0.1) is 0 Å². The standard InChI is InChI=1S/C18H45AsSi3/c1-10-20(11-2,12-3)19(21(13-4,14-5)15-6)22(16-7,17-8)18-9/h10-18H2,1-9H3. The Balaban J connectivity index is 6.42. The van der Waals surface area contributed by atoms with E-state index in [1.807, 2.05) is 0 Å². The number of rotatable bonds is 12. The molecule has 0 aliphatic rings. The maximum absolute atomic E-state index is 2.60. The van der Waals surface area contributed by atoms with Crippen molar-refractivity contribution in [2.75, 3.05) is 0 Å². The summed E-state index contributed by atoms with van der Waals surface area (Å²) >= 11 is -0.661. The van der Waals surface area contributed by atoms with Gasteiger partial charge >= 0.3 is 149 Å². The minimum absolute atomic E-state index is 0.661. The summed E-state index contributed by atoms with van der Waals surface area (Å²) in [7, 11) is 0. The monoisotopic (exact) mass is 420 g/mol. The molecule has 0 aromatic carbocycles. The van der Waals surface area contributed by atoms with Crippen molar-refractivity contribution in [3.8, 4) is 0 Å². The molecule has 0 rings (SSSR count). The van der Waals surface area contributed by atoms with Crippen LogP contribution < -0.4 is 0 Å². The number of hydrogen-bond acceptors (Lipinski definition) is 0. The number of hydrogen-bond donors (Lipinski definition) is 0. The summed E-state index contributed by atoms with van der Waals surface area (Å²) in [4.78, 5) is 0. The van der Waals surface area contributed by atoms with Gasteiger partial charge in [0.25, 0.3) is 0 Å². The topological polar surface area (TPSA) is 0 Å². The average molecular weight is 421 g/mol. The molecule has 0 radical (unpaired) electrons. The second-order valence-electron chi connectivity index (χ2n) is 7.19. The Morgan fingerprint density at radius 1 is 0.364 bits per heavy atom. The molecule has 0 spiro atoms. The summed E-state index contributed by atoms with van der Waals surface area (Å²) in [6, 6.07) is 14.5. The van der Waals surface area contributed by atoms with E-state index in [1.54, 1.807) is 54.4 Å². The van der Waals surface area contributed by atoms with Crippen LogP contribution in [0.1, 0.15) is 62.3 Å². The Hall–Kier alpha value is 1.21. The van der Waals surface area contributed by atoms with Gasteiger partial charge in [-0.05, 0) is 0 Å². The van der Waals surface area contributed by atoms with Crippen LogP contribution in [0.25, 0.3) is 0 Å². The molecule has 0 N–H and O–H groups in total. The normalized spacial score (nSPS) is 13.9. The SMILES string of the molecule is CC[Si](CC)(CC)[As]([Si](CC)(CC)CC)[Si](CC)(CC)CC. The van der Waals surface area contributed by atoms with Gasteiger partial charge in [-0.2, -0.15) is 0 Å². The Morgan fingerprint density at radius 2 is 0.500 bits per heavy atom. The maximum atomic E-state index is 2.60. The van der Waals surface area contributed by atoms with Crippen LogP contribution in [0.4, 0.5) is 0 Å². The molecule has 0 bridgehead atoms. The molecule has 0 aromatic heterocycles. The van der Waals surface area contributed by atoms with Crippen LogP contribution in [0.2, 0.25) is 54.4 Å². The van der Waals surface area contributed by atoms with Crippen molar-refractivity contribution >= 4 is 32.3 Å². The van der Waals surface area contributed by atoms with Crippen molar-refractivity contribution in [1.82, 2.24) is 0 Å². The van der Waals surface area contributed by atoms with Gasteiger partial charge in [-0.1, -0.05) is 0 Å². The van der Waals surface area contributed by atoms with Crippen molar-refractivity contribution in [1.29, 1.82) is 0 Å². The van der Waals surface area contributed by atoms with E-state index in [9.17, 15) is 0 Å². The molecule has 0 atom stereocenters. The van der Waals surface area contributed by atoms with E-state index in [2.05, 4.69) is 62.3 Å². The Bertz CT molecular complexity index is 222. The molecule has 0 saturated heterocycles. The zero-order chi connectivity index (χ0) is 17.4. The second kappa shape index (κ2) is 10.3. The van der Waals surface area contributed by atoms with Crippen molar-refractivity contribution in [3.63, 3.8) is 0 Å². The quantitative estimate of drug-likeness (QED) is 0.292. The van der Waals surface area contributed by atoms with Crippen LogP contribution in [0, 0.1) is 0 Å². The fraction of sp³-hybridized carbons (Fsp3) is 1.00. The molecule has 0 unspecified atom stereocenters. The summed E-state index contributed by atoms with van der Waals surface area (Å²) in [5.41, 5.74) is 0.